The van der Waals surface area contributed by atoms with E-state index in [0.717, 1.165) is 0 Å². The number of halogens is 1. The van der Waals surface area contributed by atoms with Crippen molar-refractivity contribution in [3.8, 4) is 5.75 Å². The minimum atomic E-state index is -0.102. The molecule has 0 fully saturated rings. The molecule has 0 spiro atoms. The average molecular weight is 258 g/mol. The van der Waals surface area contributed by atoms with Gasteiger partial charge >= 0.3 is 0 Å². The zero-order valence-corrected chi connectivity index (χ0v) is 10.7. The molecule has 0 heterocycles. The highest BCUT2D eigenvalue weighted by molar-refractivity contribution is 6.32. The maximum absolute atomic E-state index is 11.5. The predicted octanol–water partition coefficient (Wildman–Crippen LogP) is 1.69. The van der Waals surface area contributed by atoms with Crippen molar-refractivity contribution in [2.75, 3.05) is 20.2 Å². The van der Waals surface area contributed by atoms with E-state index in [1.165, 1.54) is 0 Å². The van der Waals surface area contributed by atoms with Crippen LogP contribution in [-0.4, -0.2) is 36.1 Å². The molecule has 4 nitrogen and oxygen atoms in total. The van der Waals surface area contributed by atoms with Gasteiger partial charge in [-0.05, 0) is 24.6 Å². The van der Waals surface area contributed by atoms with Gasteiger partial charge in [-0.25, -0.2) is 0 Å². The third-order valence-corrected chi connectivity index (χ3v) is 2.73. The number of carbonyl (C=O) groups excluding carboxylic acids is 1. The lowest BCUT2D eigenvalue weighted by Gasteiger charge is -2.15. The van der Waals surface area contributed by atoms with Crippen LogP contribution in [0.1, 0.15) is 12.5 Å². The van der Waals surface area contributed by atoms with E-state index in [2.05, 4.69) is 0 Å². The quantitative estimate of drug-likeness (QED) is 0.873. The molecular formula is C12H16ClNO3. The highest BCUT2D eigenvalue weighted by atomic mass is 35.5. The smallest absolute Gasteiger partial charge is 0.260 e. The van der Waals surface area contributed by atoms with E-state index in [-0.39, 0.29) is 19.1 Å². The molecule has 1 aromatic rings. The van der Waals surface area contributed by atoms with E-state index in [9.17, 15) is 4.79 Å². The standard InChI is InChI=1S/C12H16ClNO3/c1-3-14(2)12(16)8-17-11-5-4-9(7-15)6-10(11)13/h4-6,15H,3,7-8H2,1-2H3. The van der Waals surface area contributed by atoms with Gasteiger partial charge in [-0.1, -0.05) is 17.7 Å². The van der Waals surface area contributed by atoms with Crippen molar-refractivity contribution in [3.05, 3.63) is 28.8 Å². The summed E-state index contributed by atoms with van der Waals surface area (Å²) in [6, 6.07) is 4.97. The second-order valence-electron chi connectivity index (χ2n) is 3.62. The third kappa shape index (κ3) is 3.91. The average Bonchev–Trinajstić information content (AvgIpc) is 2.35. The molecule has 0 saturated carbocycles. The molecule has 1 N–H and O–H groups in total. The van der Waals surface area contributed by atoms with Crippen molar-refractivity contribution >= 4 is 17.5 Å². The molecule has 0 aliphatic rings. The topological polar surface area (TPSA) is 49.8 Å². The van der Waals surface area contributed by atoms with Gasteiger partial charge in [0.05, 0.1) is 11.6 Å². The molecule has 0 aliphatic carbocycles. The number of aliphatic hydroxyl groups is 1. The van der Waals surface area contributed by atoms with Gasteiger partial charge in [0, 0.05) is 13.6 Å². The molecule has 0 aromatic heterocycles. The van der Waals surface area contributed by atoms with E-state index in [1.807, 2.05) is 6.92 Å². The molecule has 0 unspecified atom stereocenters. The Labute approximate surface area is 106 Å². The molecule has 0 saturated heterocycles. The lowest BCUT2D eigenvalue weighted by Crippen LogP contribution is -2.31. The van der Waals surface area contributed by atoms with Gasteiger partial charge in [0.25, 0.3) is 5.91 Å². The van der Waals surface area contributed by atoms with Crippen LogP contribution in [0.15, 0.2) is 18.2 Å². The Morgan fingerprint density at radius 1 is 1.53 bits per heavy atom. The summed E-state index contributed by atoms with van der Waals surface area (Å²) in [6.45, 7) is 2.42. The normalized spacial score (nSPS) is 10.1. The number of ether oxygens (including phenoxy) is 1. The molecule has 1 aromatic carbocycles. The van der Waals surface area contributed by atoms with E-state index in [0.29, 0.717) is 22.9 Å². The van der Waals surface area contributed by atoms with Crippen LogP contribution in [0.4, 0.5) is 0 Å². The van der Waals surface area contributed by atoms with Crippen LogP contribution >= 0.6 is 11.6 Å². The molecule has 0 atom stereocenters. The van der Waals surface area contributed by atoms with Crippen LogP contribution in [-0.2, 0) is 11.4 Å². The Kier molecular flexibility index (Phi) is 5.25. The highest BCUT2D eigenvalue weighted by Crippen LogP contribution is 2.25. The molecule has 94 valence electrons. The Bertz CT molecular complexity index is 395. The van der Waals surface area contributed by atoms with Crippen molar-refractivity contribution in [1.82, 2.24) is 4.90 Å². The Hall–Kier alpha value is -1.26. The Balaban J connectivity index is 2.61. The number of rotatable bonds is 5. The maximum Gasteiger partial charge on any atom is 0.260 e. The van der Waals surface area contributed by atoms with Gasteiger partial charge in [0.15, 0.2) is 6.61 Å². The van der Waals surface area contributed by atoms with Crippen molar-refractivity contribution < 1.29 is 14.6 Å². The second-order valence-corrected chi connectivity index (χ2v) is 4.03. The lowest BCUT2D eigenvalue weighted by atomic mass is 10.2. The summed E-state index contributed by atoms with van der Waals surface area (Å²) >= 11 is 5.94. The van der Waals surface area contributed by atoms with E-state index < -0.39 is 0 Å². The highest BCUT2D eigenvalue weighted by Gasteiger charge is 2.09. The molecule has 1 rings (SSSR count). The van der Waals surface area contributed by atoms with E-state index >= 15 is 0 Å². The van der Waals surface area contributed by atoms with E-state index in [4.69, 9.17) is 21.4 Å². The summed E-state index contributed by atoms with van der Waals surface area (Å²) in [4.78, 5) is 13.1. The fraction of sp³-hybridized carbons (Fsp3) is 0.417. The van der Waals surface area contributed by atoms with Crippen molar-refractivity contribution in [3.63, 3.8) is 0 Å². The fourth-order valence-electron chi connectivity index (χ4n) is 1.19. The Morgan fingerprint density at radius 2 is 2.24 bits per heavy atom. The molecule has 17 heavy (non-hydrogen) atoms. The zero-order valence-electron chi connectivity index (χ0n) is 9.94. The van der Waals surface area contributed by atoms with Gasteiger partial charge in [0.2, 0.25) is 0 Å². The second kappa shape index (κ2) is 6.47. The summed E-state index contributed by atoms with van der Waals surface area (Å²) in [5.41, 5.74) is 0.708. The summed E-state index contributed by atoms with van der Waals surface area (Å²) in [5, 5.41) is 9.31. The summed E-state index contributed by atoms with van der Waals surface area (Å²) < 4.78 is 5.32. The number of hydrogen-bond acceptors (Lipinski definition) is 3. The van der Waals surface area contributed by atoms with Crippen LogP contribution in [0, 0.1) is 0 Å². The molecule has 5 heteroatoms. The first-order valence-electron chi connectivity index (χ1n) is 5.34. The van der Waals surface area contributed by atoms with Crippen molar-refractivity contribution in [1.29, 1.82) is 0 Å². The number of likely N-dealkylation sites (N-methyl/N-ethyl adjacent to an activating group) is 1. The molecule has 0 radical (unpaired) electrons. The molecule has 1 amide bonds. The van der Waals surface area contributed by atoms with Gasteiger partial charge in [0.1, 0.15) is 5.75 Å². The van der Waals surface area contributed by atoms with Gasteiger partial charge in [-0.15, -0.1) is 0 Å². The van der Waals surface area contributed by atoms with Crippen LogP contribution in [0.25, 0.3) is 0 Å². The monoisotopic (exact) mass is 257 g/mol. The van der Waals surface area contributed by atoms with Gasteiger partial charge < -0.3 is 14.7 Å². The Morgan fingerprint density at radius 3 is 2.76 bits per heavy atom. The SMILES string of the molecule is CCN(C)C(=O)COc1ccc(CO)cc1Cl. The number of nitrogens with zero attached hydrogens (tertiary/aromatic N) is 1. The first kappa shape index (κ1) is 13.8. The van der Waals surface area contributed by atoms with E-state index in [1.54, 1.807) is 30.1 Å². The van der Waals surface area contributed by atoms with Crippen molar-refractivity contribution in [2.24, 2.45) is 0 Å². The van der Waals surface area contributed by atoms with Crippen LogP contribution in [0.5, 0.6) is 5.75 Å². The first-order valence-corrected chi connectivity index (χ1v) is 5.72. The summed E-state index contributed by atoms with van der Waals surface area (Å²) in [7, 11) is 1.71. The third-order valence-electron chi connectivity index (χ3n) is 2.43. The predicted molar refractivity (Wildman–Crippen MR) is 66.2 cm³/mol. The lowest BCUT2D eigenvalue weighted by molar-refractivity contribution is -0.131. The minimum Gasteiger partial charge on any atom is -0.482 e. The number of aliphatic hydroxyl groups excluding tert-OH is 1. The van der Waals surface area contributed by atoms with Gasteiger partial charge in [-0.3, -0.25) is 4.79 Å². The number of hydrogen-bond donors (Lipinski definition) is 1. The zero-order chi connectivity index (χ0) is 12.8. The number of benzene rings is 1. The molecule has 0 aliphatic heterocycles. The largest absolute Gasteiger partial charge is 0.482 e. The summed E-state index contributed by atoms with van der Waals surface area (Å²) in [6.07, 6.45) is 0. The van der Waals surface area contributed by atoms with Crippen molar-refractivity contribution in [2.45, 2.75) is 13.5 Å². The molecule has 0 bridgehead atoms. The van der Waals surface area contributed by atoms with Gasteiger partial charge in [-0.2, -0.15) is 0 Å². The van der Waals surface area contributed by atoms with Crippen LogP contribution in [0.3, 0.4) is 0 Å². The first-order chi connectivity index (χ1) is 8.08. The van der Waals surface area contributed by atoms with Crippen LogP contribution in [0.2, 0.25) is 5.02 Å². The molecular weight excluding hydrogens is 242 g/mol. The number of carbonyl (C=O) groups is 1. The van der Waals surface area contributed by atoms with Crippen LogP contribution < -0.4 is 4.74 Å². The number of amides is 1. The fourth-order valence-corrected chi connectivity index (χ4v) is 1.44. The summed E-state index contributed by atoms with van der Waals surface area (Å²) in [5.74, 6) is 0.344. The minimum absolute atomic E-state index is 0.0392. The maximum atomic E-state index is 11.5.